The van der Waals surface area contributed by atoms with E-state index in [9.17, 15) is 18.0 Å². The molecule has 4 atom stereocenters. The Hall–Kier alpha value is -2.51. The summed E-state index contributed by atoms with van der Waals surface area (Å²) in [4.78, 5) is 15.0. The number of likely N-dealkylation sites (tertiary alicyclic amines) is 1. The summed E-state index contributed by atoms with van der Waals surface area (Å²) in [5.41, 5.74) is 0.841. The minimum Gasteiger partial charge on any atom is -0.363 e. The van der Waals surface area contributed by atoms with Crippen LogP contribution in [-0.2, 0) is 0 Å². The molecular weight excluding hydrogens is 393 g/mol. The van der Waals surface area contributed by atoms with Crippen molar-refractivity contribution in [1.82, 2.24) is 14.7 Å². The van der Waals surface area contributed by atoms with Crippen LogP contribution in [0.25, 0.3) is 0 Å². The average Bonchev–Trinajstić information content (AvgIpc) is 3.10. The van der Waals surface area contributed by atoms with Crippen LogP contribution in [0.15, 0.2) is 36.4 Å². The number of fused-ring (bicyclic) bond motifs is 1. The number of piperidine rings is 1. The molecule has 0 unspecified atom stereocenters. The number of aromatic nitrogens is 2. The number of hydrogen-bond donors (Lipinski definition) is 1. The molecule has 1 aromatic carbocycles. The first kappa shape index (κ1) is 20.8. The molecule has 30 heavy (non-hydrogen) atoms. The van der Waals surface area contributed by atoms with Gasteiger partial charge in [-0.05, 0) is 38.2 Å². The van der Waals surface area contributed by atoms with Crippen molar-refractivity contribution < 1.29 is 18.0 Å². The first-order chi connectivity index (χ1) is 14.1. The minimum absolute atomic E-state index is 0.0263. The molecule has 0 spiro atoms. The van der Waals surface area contributed by atoms with E-state index in [0.29, 0.717) is 5.92 Å². The Morgan fingerprint density at radius 2 is 1.70 bits per heavy atom. The van der Waals surface area contributed by atoms with Gasteiger partial charge in [-0.1, -0.05) is 37.3 Å². The molecule has 0 saturated carbocycles. The number of hydrogen-bond acceptors (Lipinski definition) is 3. The zero-order valence-electron chi connectivity index (χ0n) is 17.4. The monoisotopic (exact) mass is 420 g/mol. The number of nitrogens with zero attached hydrogens (tertiary/aromatic N) is 3. The summed E-state index contributed by atoms with van der Waals surface area (Å²) in [6, 6.07) is 8.29. The number of amides is 1. The third-order valence-electron chi connectivity index (χ3n) is 6.28. The van der Waals surface area contributed by atoms with E-state index in [-0.39, 0.29) is 35.9 Å². The number of carbonyl (C=O) groups excluding carboxylic acids is 1. The number of benzene rings is 1. The van der Waals surface area contributed by atoms with Gasteiger partial charge in [0.25, 0.3) is 5.91 Å². The molecule has 1 saturated heterocycles. The minimum atomic E-state index is -4.46. The highest BCUT2D eigenvalue weighted by Gasteiger charge is 2.47. The topological polar surface area (TPSA) is 50.2 Å². The van der Waals surface area contributed by atoms with Crippen molar-refractivity contribution >= 4 is 11.7 Å². The molecule has 1 fully saturated rings. The molecule has 3 heterocycles. The fourth-order valence-corrected chi connectivity index (χ4v) is 5.04. The quantitative estimate of drug-likeness (QED) is 0.727. The van der Waals surface area contributed by atoms with Gasteiger partial charge >= 0.3 is 6.18 Å². The van der Waals surface area contributed by atoms with Crippen molar-refractivity contribution in [3.8, 4) is 0 Å². The fourth-order valence-electron chi connectivity index (χ4n) is 5.04. The third kappa shape index (κ3) is 3.79. The molecule has 1 amide bonds. The Morgan fingerprint density at radius 1 is 1.07 bits per heavy atom. The average molecular weight is 420 g/mol. The second-order valence-corrected chi connectivity index (χ2v) is 8.75. The van der Waals surface area contributed by atoms with E-state index in [4.69, 9.17) is 0 Å². The number of carbonyl (C=O) groups is 1. The number of rotatable bonds is 2. The number of nitrogens with one attached hydrogen (secondary N) is 1. The zero-order chi connectivity index (χ0) is 21.6. The molecule has 1 N–H and O–H groups in total. The van der Waals surface area contributed by atoms with Gasteiger partial charge in [0.05, 0.1) is 6.04 Å². The van der Waals surface area contributed by atoms with E-state index < -0.39 is 18.3 Å². The van der Waals surface area contributed by atoms with Crippen molar-refractivity contribution in [3.63, 3.8) is 0 Å². The summed E-state index contributed by atoms with van der Waals surface area (Å²) < 4.78 is 42.5. The van der Waals surface area contributed by atoms with Crippen molar-refractivity contribution in [2.75, 3.05) is 5.32 Å². The molecule has 2 aromatic rings. The number of halogens is 3. The Labute approximate surface area is 174 Å². The van der Waals surface area contributed by atoms with Crippen molar-refractivity contribution in [2.24, 2.45) is 5.92 Å². The van der Waals surface area contributed by atoms with E-state index in [2.05, 4.69) is 17.3 Å². The maximum absolute atomic E-state index is 13.9. The maximum Gasteiger partial charge on any atom is 0.410 e. The van der Waals surface area contributed by atoms with Crippen LogP contribution in [0, 0.1) is 5.92 Å². The Bertz CT molecular complexity index is 899. The van der Waals surface area contributed by atoms with Crippen molar-refractivity contribution in [3.05, 3.63) is 47.7 Å². The van der Waals surface area contributed by atoms with Crippen LogP contribution < -0.4 is 5.32 Å². The van der Waals surface area contributed by atoms with Crippen LogP contribution in [0.2, 0.25) is 0 Å². The van der Waals surface area contributed by atoms with Crippen molar-refractivity contribution in [1.29, 1.82) is 0 Å². The first-order valence-corrected chi connectivity index (χ1v) is 10.5. The smallest absolute Gasteiger partial charge is 0.363 e. The van der Waals surface area contributed by atoms with E-state index in [1.54, 1.807) is 29.2 Å². The molecule has 0 bridgehead atoms. The largest absolute Gasteiger partial charge is 0.410 e. The lowest BCUT2D eigenvalue weighted by molar-refractivity contribution is -0.173. The lowest BCUT2D eigenvalue weighted by atomic mass is 9.88. The molecule has 162 valence electrons. The predicted octanol–water partition coefficient (Wildman–Crippen LogP) is 5.19. The molecule has 8 heteroatoms. The van der Waals surface area contributed by atoms with Gasteiger partial charge in [-0.25, -0.2) is 4.68 Å². The van der Waals surface area contributed by atoms with Gasteiger partial charge in [0.15, 0.2) is 11.7 Å². The summed E-state index contributed by atoms with van der Waals surface area (Å²) in [6.07, 6.45) is -2.88. The van der Waals surface area contributed by atoms with E-state index in [0.717, 1.165) is 23.1 Å². The second-order valence-electron chi connectivity index (χ2n) is 8.75. The zero-order valence-corrected chi connectivity index (χ0v) is 17.4. The molecule has 1 aromatic heterocycles. The summed E-state index contributed by atoms with van der Waals surface area (Å²) >= 11 is 0. The van der Waals surface area contributed by atoms with Crippen LogP contribution in [0.3, 0.4) is 0 Å². The van der Waals surface area contributed by atoms with Gasteiger partial charge in [0, 0.05) is 24.6 Å². The van der Waals surface area contributed by atoms with Crippen LogP contribution in [0.4, 0.5) is 19.0 Å². The van der Waals surface area contributed by atoms with Gasteiger partial charge < -0.3 is 10.2 Å². The van der Waals surface area contributed by atoms with Crippen LogP contribution >= 0.6 is 0 Å². The molecule has 0 aliphatic carbocycles. The van der Waals surface area contributed by atoms with E-state index >= 15 is 0 Å². The highest BCUT2D eigenvalue weighted by atomic mass is 19.4. The van der Waals surface area contributed by atoms with Gasteiger partial charge in [0.1, 0.15) is 5.82 Å². The fraction of sp³-hybridized carbons (Fsp3) is 0.545. The predicted molar refractivity (Wildman–Crippen MR) is 108 cm³/mol. The Balaban J connectivity index is 1.67. The number of alkyl halides is 3. The molecule has 5 nitrogen and oxygen atoms in total. The van der Waals surface area contributed by atoms with E-state index in [1.165, 1.54) is 6.07 Å². The second kappa shape index (κ2) is 7.63. The SMILES string of the molecule is CC1C[C@H](C)N(C(=O)c2cc3n(n2)[C@H](C(F)(F)F)C[C@@H](c2ccccc2)N3)[C@@H](C)C1. The van der Waals surface area contributed by atoms with Gasteiger partial charge in [-0.2, -0.15) is 18.3 Å². The first-order valence-electron chi connectivity index (χ1n) is 10.5. The van der Waals surface area contributed by atoms with Crippen LogP contribution in [0.1, 0.15) is 68.2 Å². The lowest BCUT2D eigenvalue weighted by Gasteiger charge is -2.41. The molecule has 2 aliphatic rings. The summed E-state index contributed by atoms with van der Waals surface area (Å²) in [5, 5.41) is 7.29. The standard InChI is InChI=1S/C22H27F3N4O/c1-13-9-14(2)28(15(3)10-13)21(30)18-12-20-26-17(16-7-5-4-6-8-16)11-19(22(23,24)25)29(20)27-18/h4-8,12-15,17,19,26H,9-11H2,1-3H3/t14-,15-,17-,19-/m0/s1. The highest BCUT2D eigenvalue weighted by molar-refractivity contribution is 5.93. The molecule has 2 aliphatic heterocycles. The lowest BCUT2D eigenvalue weighted by Crippen LogP contribution is -2.49. The Kier molecular flexibility index (Phi) is 5.28. The van der Waals surface area contributed by atoms with Gasteiger partial charge in [0.2, 0.25) is 0 Å². The van der Waals surface area contributed by atoms with Crippen LogP contribution in [0.5, 0.6) is 0 Å². The summed E-state index contributed by atoms with van der Waals surface area (Å²) in [7, 11) is 0. The van der Waals surface area contributed by atoms with Crippen molar-refractivity contribution in [2.45, 2.75) is 70.4 Å². The van der Waals surface area contributed by atoms with Gasteiger partial charge in [-0.3, -0.25) is 4.79 Å². The molecular formula is C22H27F3N4O. The number of anilines is 1. The molecule has 0 radical (unpaired) electrons. The van der Waals surface area contributed by atoms with Crippen LogP contribution in [-0.4, -0.2) is 38.8 Å². The van der Waals surface area contributed by atoms with E-state index in [1.807, 2.05) is 19.9 Å². The maximum atomic E-state index is 13.9. The Morgan fingerprint density at radius 3 is 2.30 bits per heavy atom. The normalized spacial score (nSPS) is 29.3. The van der Waals surface area contributed by atoms with Gasteiger partial charge in [-0.15, -0.1) is 0 Å². The molecule has 4 rings (SSSR count). The summed E-state index contributed by atoms with van der Waals surface area (Å²) in [6.45, 7) is 6.14. The third-order valence-corrected chi connectivity index (χ3v) is 6.28. The highest BCUT2D eigenvalue weighted by Crippen LogP contribution is 2.43. The summed E-state index contributed by atoms with van der Waals surface area (Å²) in [5.74, 6) is 0.436.